The van der Waals surface area contributed by atoms with Crippen molar-refractivity contribution in [1.29, 1.82) is 0 Å². The lowest BCUT2D eigenvalue weighted by Gasteiger charge is -2.10. The maximum atomic E-state index is 6.15. The highest BCUT2D eigenvalue weighted by atomic mass is 35.5. The van der Waals surface area contributed by atoms with Gasteiger partial charge in [0, 0.05) is 11.6 Å². The summed E-state index contributed by atoms with van der Waals surface area (Å²) in [4.78, 5) is 12.3. The van der Waals surface area contributed by atoms with Gasteiger partial charge in [-0.05, 0) is 31.2 Å². The van der Waals surface area contributed by atoms with Crippen molar-refractivity contribution >= 4 is 28.3 Å². The van der Waals surface area contributed by atoms with Crippen molar-refractivity contribution in [3.8, 4) is 11.6 Å². The number of hydrogen-bond acceptors (Lipinski definition) is 5. The van der Waals surface area contributed by atoms with Gasteiger partial charge in [0.2, 0.25) is 5.88 Å². The van der Waals surface area contributed by atoms with Crippen molar-refractivity contribution in [2.24, 2.45) is 0 Å². The number of nitrogens with zero attached hydrogens (tertiary/aromatic N) is 3. The van der Waals surface area contributed by atoms with E-state index >= 15 is 0 Å². The molecule has 0 amide bonds. The van der Waals surface area contributed by atoms with Crippen LogP contribution >= 0.6 is 11.6 Å². The van der Waals surface area contributed by atoms with Crippen molar-refractivity contribution in [2.45, 2.75) is 6.92 Å². The minimum Gasteiger partial charge on any atom is -0.436 e. The van der Waals surface area contributed by atoms with Crippen LogP contribution in [0.2, 0.25) is 5.02 Å². The zero-order valence-electron chi connectivity index (χ0n) is 10.7. The molecule has 1 aromatic carbocycles. The van der Waals surface area contributed by atoms with Crippen LogP contribution in [0.4, 0.5) is 5.82 Å². The first-order valence-corrected chi connectivity index (χ1v) is 6.33. The van der Waals surface area contributed by atoms with Gasteiger partial charge in [-0.1, -0.05) is 11.6 Å². The van der Waals surface area contributed by atoms with Crippen LogP contribution in [-0.4, -0.2) is 15.0 Å². The summed E-state index contributed by atoms with van der Waals surface area (Å²) in [6.45, 7) is 1.80. The van der Waals surface area contributed by atoms with Crippen LogP contribution in [0, 0.1) is 6.92 Å². The lowest BCUT2D eigenvalue weighted by atomic mass is 10.2. The minimum absolute atomic E-state index is 0.390. The lowest BCUT2D eigenvalue weighted by Crippen LogP contribution is -1.99. The Labute approximate surface area is 120 Å². The van der Waals surface area contributed by atoms with Crippen molar-refractivity contribution in [3.63, 3.8) is 0 Å². The fraction of sp³-hybridized carbons (Fsp3) is 0.0714. The molecule has 0 spiro atoms. The van der Waals surface area contributed by atoms with Gasteiger partial charge in [0.1, 0.15) is 17.7 Å². The summed E-state index contributed by atoms with van der Waals surface area (Å²) in [6, 6.07) is 7.24. The number of halogens is 1. The molecule has 2 heterocycles. The number of ether oxygens (including phenoxy) is 1. The second-order valence-corrected chi connectivity index (χ2v) is 4.64. The summed E-state index contributed by atoms with van der Waals surface area (Å²) >= 11 is 6.15. The quantitative estimate of drug-likeness (QED) is 0.782. The van der Waals surface area contributed by atoms with E-state index in [1.54, 1.807) is 25.3 Å². The molecule has 0 atom stereocenters. The highest BCUT2D eigenvalue weighted by Crippen LogP contribution is 2.33. The standard InChI is InChI=1S/C14H11ClN4O/c1-8-13(16)18-7-19-14(8)20-11-5-4-10(15)9-3-2-6-17-12(9)11/h2-7H,1H3,(H2,16,18,19). The average Bonchev–Trinajstić information content (AvgIpc) is 2.47. The van der Waals surface area contributed by atoms with Gasteiger partial charge < -0.3 is 10.5 Å². The van der Waals surface area contributed by atoms with Gasteiger partial charge in [0.25, 0.3) is 0 Å². The van der Waals surface area contributed by atoms with Crippen LogP contribution in [0.15, 0.2) is 36.8 Å². The molecule has 5 nitrogen and oxygen atoms in total. The molecule has 3 aromatic rings. The molecule has 0 fully saturated rings. The Hall–Kier alpha value is -2.40. The first-order valence-electron chi connectivity index (χ1n) is 5.95. The molecular formula is C14H11ClN4O. The van der Waals surface area contributed by atoms with E-state index in [9.17, 15) is 0 Å². The van der Waals surface area contributed by atoms with E-state index in [1.165, 1.54) is 6.33 Å². The number of pyridine rings is 1. The first kappa shape index (κ1) is 12.6. The van der Waals surface area contributed by atoms with E-state index in [1.807, 2.05) is 12.1 Å². The largest absolute Gasteiger partial charge is 0.436 e. The van der Waals surface area contributed by atoms with Gasteiger partial charge in [-0.15, -0.1) is 0 Å². The van der Waals surface area contributed by atoms with Crippen LogP contribution in [0.1, 0.15) is 5.56 Å². The monoisotopic (exact) mass is 286 g/mol. The Morgan fingerprint density at radius 2 is 2.00 bits per heavy atom. The number of nitrogen functional groups attached to an aromatic ring is 1. The highest BCUT2D eigenvalue weighted by molar-refractivity contribution is 6.35. The maximum absolute atomic E-state index is 6.15. The van der Waals surface area contributed by atoms with Gasteiger partial charge >= 0.3 is 0 Å². The van der Waals surface area contributed by atoms with Crippen LogP contribution in [0.3, 0.4) is 0 Å². The molecule has 20 heavy (non-hydrogen) atoms. The average molecular weight is 287 g/mol. The zero-order valence-corrected chi connectivity index (χ0v) is 11.4. The SMILES string of the molecule is Cc1c(N)ncnc1Oc1ccc(Cl)c2cccnc12. The Morgan fingerprint density at radius 1 is 1.15 bits per heavy atom. The maximum Gasteiger partial charge on any atom is 0.227 e. The molecule has 0 radical (unpaired) electrons. The molecule has 0 aliphatic rings. The molecule has 0 aliphatic heterocycles. The van der Waals surface area contributed by atoms with Crippen LogP contribution < -0.4 is 10.5 Å². The molecule has 0 saturated carbocycles. The number of anilines is 1. The van der Waals surface area contributed by atoms with Gasteiger partial charge in [-0.25, -0.2) is 9.97 Å². The van der Waals surface area contributed by atoms with Gasteiger partial charge in [-0.2, -0.15) is 0 Å². The predicted octanol–water partition coefficient (Wildman–Crippen LogP) is 3.36. The van der Waals surface area contributed by atoms with E-state index in [-0.39, 0.29) is 0 Å². The number of aromatic nitrogens is 3. The molecule has 0 saturated heterocycles. The van der Waals surface area contributed by atoms with E-state index in [0.29, 0.717) is 33.6 Å². The number of nitrogens with two attached hydrogens (primary N) is 1. The summed E-state index contributed by atoms with van der Waals surface area (Å²) in [5, 5.41) is 1.45. The topological polar surface area (TPSA) is 73.9 Å². The van der Waals surface area contributed by atoms with Gasteiger partial charge in [0.15, 0.2) is 5.75 Å². The van der Waals surface area contributed by atoms with E-state index in [4.69, 9.17) is 22.1 Å². The van der Waals surface area contributed by atoms with Crippen molar-refractivity contribution in [3.05, 3.63) is 47.4 Å². The summed E-state index contributed by atoms with van der Waals surface area (Å²) < 4.78 is 5.81. The Balaban J connectivity index is 2.12. The number of benzene rings is 1. The normalized spacial score (nSPS) is 10.7. The third kappa shape index (κ3) is 2.12. The van der Waals surface area contributed by atoms with Crippen molar-refractivity contribution in [1.82, 2.24) is 15.0 Å². The molecule has 0 unspecified atom stereocenters. The lowest BCUT2D eigenvalue weighted by molar-refractivity contribution is 0.462. The molecule has 6 heteroatoms. The minimum atomic E-state index is 0.390. The third-order valence-corrected chi connectivity index (χ3v) is 3.29. The Kier molecular flexibility index (Phi) is 3.12. The summed E-state index contributed by atoms with van der Waals surface area (Å²) in [5.41, 5.74) is 7.11. The molecule has 2 aromatic heterocycles. The Bertz CT molecular complexity index is 791. The van der Waals surface area contributed by atoms with Crippen LogP contribution in [0.25, 0.3) is 10.9 Å². The van der Waals surface area contributed by atoms with Crippen LogP contribution in [-0.2, 0) is 0 Å². The number of hydrogen-bond donors (Lipinski definition) is 1. The highest BCUT2D eigenvalue weighted by Gasteiger charge is 2.11. The molecule has 100 valence electrons. The van der Waals surface area contributed by atoms with Crippen molar-refractivity contribution < 1.29 is 4.74 Å². The smallest absolute Gasteiger partial charge is 0.227 e. The fourth-order valence-electron chi connectivity index (χ4n) is 1.85. The molecule has 3 rings (SSSR count). The number of rotatable bonds is 2. The van der Waals surface area contributed by atoms with E-state index in [2.05, 4.69) is 15.0 Å². The predicted molar refractivity (Wildman–Crippen MR) is 78.0 cm³/mol. The van der Waals surface area contributed by atoms with Crippen molar-refractivity contribution in [2.75, 3.05) is 5.73 Å². The summed E-state index contributed by atoms with van der Waals surface area (Å²) in [6.07, 6.45) is 3.05. The zero-order chi connectivity index (χ0) is 14.1. The second-order valence-electron chi connectivity index (χ2n) is 4.24. The molecular weight excluding hydrogens is 276 g/mol. The van der Waals surface area contributed by atoms with E-state index < -0.39 is 0 Å². The summed E-state index contributed by atoms with van der Waals surface area (Å²) in [5.74, 6) is 1.37. The Morgan fingerprint density at radius 3 is 2.85 bits per heavy atom. The molecule has 0 aliphatic carbocycles. The third-order valence-electron chi connectivity index (χ3n) is 2.96. The summed E-state index contributed by atoms with van der Waals surface area (Å²) in [7, 11) is 0. The van der Waals surface area contributed by atoms with Crippen LogP contribution in [0.5, 0.6) is 11.6 Å². The van der Waals surface area contributed by atoms with Gasteiger partial charge in [0.05, 0.1) is 10.6 Å². The molecule has 0 bridgehead atoms. The van der Waals surface area contributed by atoms with Gasteiger partial charge in [-0.3, -0.25) is 4.98 Å². The molecule has 2 N–H and O–H groups in total. The van der Waals surface area contributed by atoms with E-state index in [0.717, 1.165) is 5.39 Å². The second kappa shape index (κ2) is 4.94. The first-order chi connectivity index (χ1) is 9.66. The number of fused-ring (bicyclic) bond motifs is 1. The fourth-order valence-corrected chi connectivity index (χ4v) is 2.06.